The molecule has 0 aliphatic carbocycles. The van der Waals surface area contributed by atoms with E-state index in [0.717, 1.165) is 22.5 Å². The minimum Gasteiger partial charge on any atom is -0.325 e. The molecule has 4 nitrogen and oxygen atoms in total. The lowest BCUT2D eigenvalue weighted by Crippen LogP contribution is -2.18. The predicted molar refractivity (Wildman–Crippen MR) is 96.9 cm³/mol. The van der Waals surface area contributed by atoms with Gasteiger partial charge in [-0.1, -0.05) is 30.3 Å². The maximum absolute atomic E-state index is 11.9. The van der Waals surface area contributed by atoms with E-state index in [9.17, 15) is 9.59 Å². The van der Waals surface area contributed by atoms with Crippen LogP contribution < -0.4 is 10.6 Å². The van der Waals surface area contributed by atoms with Gasteiger partial charge in [0.1, 0.15) is 0 Å². The summed E-state index contributed by atoms with van der Waals surface area (Å²) in [4.78, 5) is 23.7. The van der Waals surface area contributed by atoms with Gasteiger partial charge < -0.3 is 10.6 Å². The first-order chi connectivity index (χ1) is 11.0. The SMILES string of the molecule is Cc1cccc(NC(=O)CSCC(=O)Nc2ccccc2C)c1. The topological polar surface area (TPSA) is 58.2 Å². The number of hydrogen-bond acceptors (Lipinski definition) is 3. The fraction of sp³-hybridized carbons (Fsp3) is 0.222. The molecule has 0 aliphatic heterocycles. The molecule has 0 heterocycles. The van der Waals surface area contributed by atoms with Crippen LogP contribution in [0.5, 0.6) is 0 Å². The summed E-state index contributed by atoms with van der Waals surface area (Å²) in [5, 5.41) is 5.67. The van der Waals surface area contributed by atoms with E-state index < -0.39 is 0 Å². The number of nitrogens with one attached hydrogen (secondary N) is 2. The van der Waals surface area contributed by atoms with Gasteiger partial charge in [0.05, 0.1) is 11.5 Å². The number of benzene rings is 2. The molecule has 0 aliphatic rings. The van der Waals surface area contributed by atoms with Crippen LogP contribution in [0.2, 0.25) is 0 Å². The van der Waals surface area contributed by atoms with Gasteiger partial charge in [-0.15, -0.1) is 11.8 Å². The van der Waals surface area contributed by atoms with E-state index in [0.29, 0.717) is 0 Å². The monoisotopic (exact) mass is 328 g/mol. The van der Waals surface area contributed by atoms with E-state index in [2.05, 4.69) is 10.6 Å². The molecule has 0 unspecified atom stereocenters. The van der Waals surface area contributed by atoms with Crippen LogP contribution >= 0.6 is 11.8 Å². The Morgan fingerprint density at radius 3 is 2.30 bits per heavy atom. The number of carbonyl (C=O) groups is 2. The minimum absolute atomic E-state index is 0.104. The molecule has 120 valence electrons. The van der Waals surface area contributed by atoms with Crippen LogP contribution in [-0.4, -0.2) is 23.3 Å². The van der Waals surface area contributed by atoms with Crippen molar-refractivity contribution in [3.05, 3.63) is 59.7 Å². The Bertz CT molecular complexity index is 701. The Hall–Kier alpha value is -2.27. The molecule has 0 spiro atoms. The number of anilines is 2. The average Bonchev–Trinajstić information content (AvgIpc) is 2.49. The number of amides is 2. The standard InChI is InChI=1S/C18H20N2O2S/c1-13-6-5-8-15(10-13)19-17(21)11-23-12-18(22)20-16-9-4-3-7-14(16)2/h3-10H,11-12H2,1-2H3,(H,19,21)(H,20,22). The number of aryl methyl sites for hydroxylation is 2. The third kappa shape index (κ3) is 5.79. The van der Waals surface area contributed by atoms with Gasteiger partial charge in [0, 0.05) is 11.4 Å². The van der Waals surface area contributed by atoms with Gasteiger partial charge in [0.25, 0.3) is 0 Å². The highest BCUT2D eigenvalue weighted by atomic mass is 32.2. The van der Waals surface area contributed by atoms with Gasteiger partial charge in [0.2, 0.25) is 11.8 Å². The highest BCUT2D eigenvalue weighted by molar-refractivity contribution is 8.00. The van der Waals surface area contributed by atoms with Crippen LogP contribution in [-0.2, 0) is 9.59 Å². The summed E-state index contributed by atoms with van der Waals surface area (Å²) in [5.74, 6) is 0.280. The molecule has 2 N–H and O–H groups in total. The number of para-hydroxylation sites is 1. The summed E-state index contributed by atoms with van der Waals surface area (Å²) in [7, 11) is 0. The zero-order chi connectivity index (χ0) is 16.7. The van der Waals surface area contributed by atoms with Crippen molar-refractivity contribution in [3.8, 4) is 0 Å². The Balaban J connectivity index is 1.73. The van der Waals surface area contributed by atoms with Crippen molar-refractivity contribution in [1.29, 1.82) is 0 Å². The van der Waals surface area contributed by atoms with Gasteiger partial charge in [0.15, 0.2) is 0 Å². The van der Waals surface area contributed by atoms with E-state index in [1.54, 1.807) is 0 Å². The summed E-state index contributed by atoms with van der Waals surface area (Å²) in [6, 6.07) is 15.2. The van der Waals surface area contributed by atoms with Crippen LogP contribution in [0.25, 0.3) is 0 Å². The molecule has 0 atom stereocenters. The first kappa shape index (κ1) is 17.1. The summed E-state index contributed by atoms with van der Waals surface area (Å²) in [5.41, 5.74) is 3.69. The van der Waals surface area contributed by atoms with Crippen LogP contribution in [0, 0.1) is 13.8 Å². The molecule has 0 radical (unpaired) electrons. The van der Waals surface area contributed by atoms with E-state index in [-0.39, 0.29) is 23.3 Å². The Morgan fingerprint density at radius 1 is 0.913 bits per heavy atom. The molecule has 2 aromatic rings. The molecule has 2 aromatic carbocycles. The second kappa shape index (κ2) is 8.39. The van der Waals surface area contributed by atoms with Crippen molar-refractivity contribution in [2.24, 2.45) is 0 Å². The molecule has 2 amide bonds. The second-order valence-electron chi connectivity index (χ2n) is 5.27. The Kier molecular flexibility index (Phi) is 6.23. The molecule has 5 heteroatoms. The Labute approximate surface area is 140 Å². The lowest BCUT2D eigenvalue weighted by molar-refractivity contribution is -0.114. The highest BCUT2D eigenvalue weighted by Gasteiger charge is 2.07. The Morgan fingerprint density at radius 2 is 1.61 bits per heavy atom. The zero-order valence-electron chi connectivity index (χ0n) is 13.3. The van der Waals surface area contributed by atoms with E-state index >= 15 is 0 Å². The molecule has 0 saturated carbocycles. The number of carbonyl (C=O) groups excluding carboxylic acids is 2. The van der Waals surface area contributed by atoms with Gasteiger partial charge in [-0.05, 0) is 43.2 Å². The third-order valence-corrected chi connectivity index (χ3v) is 4.12. The zero-order valence-corrected chi connectivity index (χ0v) is 14.1. The molecule has 2 rings (SSSR count). The first-order valence-corrected chi connectivity index (χ1v) is 8.50. The second-order valence-corrected chi connectivity index (χ2v) is 6.26. The molecular weight excluding hydrogens is 308 g/mol. The molecule has 0 fully saturated rings. The van der Waals surface area contributed by atoms with Crippen molar-refractivity contribution in [3.63, 3.8) is 0 Å². The lowest BCUT2D eigenvalue weighted by atomic mass is 10.2. The van der Waals surface area contributed by atoms with Crippen LogP contribution in [0.3, 0.4) is 0 Å². The van der Waals surface area contributed by atoms with Crippen molar-refractivity contribution >= 4 is 35.0 Å². The van der Waals surface area contributed by atoms with Crippen molar-refractivity contribution in [1.82, 2.24) is 0 Å². The molecular formula is C18H20N2O2S. The highest BCUT2D eigenvalue weighted by Crippen LogP contribution is 2.14. The van der Waals surface area contributed by atoms with Crippen molar-refractivity contribution in [2.75, 3.05) is 22.1 Å². The molecule has 0 saturated heterocycles. The van der Waals surface area contributed by atoms with Crippen molar-refractivity contribution < 1.29 is 9.59 Å². The fourth-order valence-electron chi connectivity index (χ4n) is 2.06. The summed E-state index contributed by atoms with van der Waals surface area (Å²) in [6.45, 7) is 3.92. The molecule has 23 heavy (non-hydrogen) atoms. The maximum atomic E-state index is 11.9. The van der Waals surface area contributed by atoms with E-state index in [4.69, 9.17) is 0 Å². The van der Waals surface area contributed by atoms with E-state index in [1.807, 2.05) is 62.4 Å². The maximum Gasteiger partial charge on any atom is 0.234 e. The predicted octanol–water partition coefficient (Wildman–Crippen LogP) is 3.61. The summed E-state index contributed by atoms with van der Waals surface area (Å²) >= 11 is 1.29. The van der Waals surface area contributed by atoms with Crippen LogP contribution in [0.4, 0.5) is 11.4 Å². The van der Waals surface area contributed by atoms with Gasteiger partial charge in [-0.2, -0.15) is 0 Å². The van der Waals surface area contributed by atoms with Gasteiger partial charge in [-0.25, -0.2) is 0 Å². The molecule has 0 bridgehead atoms. The average molecular weight is 328 g/mol. The van der Waals surface area contributed by atoms with Crippen LogP contribution in [0.1, 0.15) is 11.1 Å². The number of hydrogen-bond donors (Lipinski definition) is 2. The van der Waals surface area contributed by atoms with Crippen molar-refractivity contribution in [2.45, 2.75) is 13.8 Å². The summed E-state index contributed by atoms with van der Waals surface area (Å²) in [6.07, 6.45) is 0. The van der Waals surface area contributed by atoms with E-state index in [1.165, 1.54) is 11.8 Å². The normalized spacial score (nSPS) is 10.2. The molecule has 0 aromatic heterocycles. The van der Waals surface area contributed by atoms with Crippen LogP contribution in [0.15, 0.2) is 48.5 Å². The summed E-state index contributed by atoms with van der Waals surface area (Å²) < 4.78 is 0. The first-order valence-electron chi connectivity index (χ1n) is 7.34. The van der Waals surface area contributed by atoms with Gasteiger partial charge >= 0.3 is 0 Å². The van der Waals surface area contributed by atoms with Gasteiger partial charge in [-0.3, -0.25) is 9.59 Å². The minimum atomic E-state index is -0.107. The lowest BCUT2D eigenvalue weighted by Gasteiger charge is -2.08. The third-order valence-electron chi connectivity index (χ3n) is 3.19. The smallest absolute Gasteiger partial charge is 0.234 e. The quantitative estimate of drug-likeness (QED) is 0.851. The number of rotatable bonds is 6. The largest absolute Gasteiger partial charge is 0.325 e. The fourth-order valence-corrected chi connectivity index (χ4v) is 2.67. The number of thioether (sulfide) groups is 1.